The molecule has 0 aliphatic heterocycles. The second-order valence-corrected chi connectivity index (χ2v) is 7.69. The molecule has 0 N–H and O–H groups in total. The number of allylic oxidation sites excluding steroid dienone is 8. The van der Waals surface area contributed by atoms with Gasteiger partial charge in [0.25, 0.3) is 0 Å². The molecule has 0 fully saturated rings. The molecule has 0 atom stereocenters. The van der Waals surface area contributed by atoms with E-state index in [1.807, 2.05) is 0 Å². The molecule has 2 aliphatic carbocycles. The van der Waals surface area contributed by atoms with Gasteiger partial charge in [0, 0.05) is 11.8 Å². The van der Waals surface area contributed by atoms with Crippen LogP contribution in [0.25, 0.3) is 0 Å². The van der Waals surface area contributed by atoms with Gasteiger partial charge in [-0.05, 0) is 63.1 Å². The molecule has 0 radical (unpaired) electrons. The standard InChI is InChI=1S/C26H26O/c1-17-13-23(14-18(17)2)21-5-9-25(10-6-21)27-26-11-7-22(8-12-26)24-15-19(3)20(4)16-24/h5-16,23-24H,1-4H3. The number of benzene rings is 2. The maximum atomic E-state index is 6.04. The van der Waals surface area contributed by atoms with Gasteiger partial charge in [0.05, 0.1) is 0 Å². The zero-order valence-corrected chi connectivity index (χ0v) is 16.5. The van der Waals surface area contributed by atoms with E-state index in [0.717, 1.165) is 11.5 Å². The Bertz CT molecular complexity index is 848. The highest BCUT2D eigenvalue weighted by Gasteiger charge is 2.15. The van der Waals surface area contributed by atoms with Gasteiger partial charge in [-0.3, -0.25) is 0 Å². The molecule has 0 saturated carbocycles. The van der Waals surface area contributed by atoms with Crippen molar-refractivity contribution in [1.82, 2.24) is 0 Å². The molecule has 0 spiro atoms. The molecule has 2 aromatic rings. The lowest BCUT2D eigenvalue weighted by Crippen LogP contribution is -1.91. The highest BCUT2D eigenvalue weighted by molar-refractivity contribution is 5.47. The van der Waals surface area contributed by atoms with E-state index < -0.39 is 0 Å². The second kappa shape index (κ2) is 7.08. The highest BCUT2D eigenvalue weighted by Crippen LogP contribution is 2.34. The predicted molar refractivity (Wildman–Crippen MR) is 113 cm³/mol. The van der Waals surface area contributed by atoms with Gasteiger partial charge in [0.2, 0.25) is 0 Å². The molecule has 0 heterocycles. The van der Waals surface area contributed by atoms with E-state index in [2.05, 4.69) is 101 Å². The van der Waals surface area contributed by atoms with Gasteiger partial charge < -0.3 is 4.74 Å². The zero-order chi connectivity index (χ0) is 19.0. The Kier molecular flexibility index (Phi) is 4.61. The van der Waals surface area contributed by atoms with Gasteiger partial charge in [-0.2, -0.15) is 0 Å². The molecular formula is C26H26O. The minimum absolute atomic E-state index is 0.387. The van der Waals surface area contributed by atoms with Crippen molar-refractivity contribution < 1.29 is 4.74 Å². The molecule has 2 aromatic carbocycles. The fraction of sp³-hybridized carbons (Fsp3) is 0.231. The lowest BCUT2D eigenvalue weighted by molar-refractivity contribution is 0.482. The monoisotopic (exact) mass is 354 g/mol. The predicted octanol–water partition coefficient (Wildman–Crippen LogP) is 7.46. The Balaban J connectivity index is 1.44. The fourth-order valence-electron chi connectivity index (χ4n) is 3.74. The Morgan fingerprint density at radius 1 is 0.481 bits per heavy atom. The van der Waals surface area contributed by atoms with Gasteiger partial charge in [0.1, 0.15) is 11.5 Å². The summed E-state index contributed by atoms with van der Waals surface area (Å²) < 4.78 is 6.04. The maximum Gasteiger partial charge on any atom is 0.127 e. The van der Waals surface area contributed by atoms with Gasteiger partial charge >= 0.3 is 0 Å². The Morgan fingerprint density at radius 3 is 1.07 bits per heavy atom. The van der Waals surface area contributed by atoms with Crippen LogP contribution in [-0.2, 0) is 0 Å². The van der Waals surface area contributed by atoms with Crippen molar-refractivity contribution in [3.05, 3.63) is 106 Å². The SMILES string of the molecule is CC1=CC(c2ccc(Oc3ccc(C4C=C(C)C(C)=C4)cc3)cc2)C=C1C. The first kappa shape index (κ1) is 17.6. The van der Waals surface area contributed by atoms with Crippen LogP contribution >= 0.6 is 0 Å². The van der Waals surface area contributed by atoms with Crippen molar-refractivity contribution in [3.8, 4) is 11.5 Å². The summed E-state index contributed by atoms with van der Waals surface area (Å²) in [6.07, 6.45) is 9.27. The summed E-state index contributed by atoms with van der Waals surface area (Å²) in [5, 5.41) is 0. The van der Waals surface area contributed by atoms with Crippen molar-refractivity contribution in [2.45, 2.75) is 39.5 Å². The van der Waals surface area contributed by atoms with Crippen molar-refractivity contribution in [2.75, 3.05) is 0 Å². The Labute approximate surface area is 162 Å². The molecule has 2 aliphatic rings. The van der Waals surface area contributed by atoms with E-state index in [-0.39, 0.29) is 0 Å². The topological polar surface area (TPSA) is 9.23 Å². The summed E-state index contributed by atoms with van der Waals surface area (Å²) in [5.74, 6) is 2.52. The molecule has 0 aromatic heterocycles. The molecule has 0 amide bonds. The van der Waals surface area contributed by atoms with Crippen molar-refractivity contribution in [3.63, 3.8) is 0 Å². The van der Waals surface area contributed by atoms with E-state index in [4.69, 9.17) is 4.74 Å². The number of rotatable bonds is 4. The lowest BCUT2D eigenvalue weighted by Gasteiger charge is -2.11. The van der Waals surface area contributed by atoms with Crippen molar-refractivity contribution >= 4 is 0 Å². The van der Waals surface area contributed by atoms with Crippen LogP contribution in [0.2, 0.25) is 0 Å². The maximum absolute atomic E-state index is 6.04. The van der Waals surface area contributed by atoms with Gasteiger partial charge in [-0.1, -0.05) is 70.9 Å². The zero-order valence-electron chi connectivity index (χ0n) is 16.5. The smallest absolute Gasteiger partial charge is 0.127 e. The number of ether oxygens (including phenoxy) is 1. The molecule has 1 nitrogen and oxygen atoms in total. The summed E-state index contributed by atoms with van der Waals surface area (Å²) in [4.78, 5) is 0. The normalized spacial score (nSPS) is 17.5. The Morgan fingerprint density at radius 2 is 0.778 bits per heavy atom. The summed E-state index contributed by atoms with van der Waals surface area (Å²) in [6, 6.07) is 16.9. The first-order valence-corrected chi connectivity index (χ1v) is 9.62. The first-order chi connectivity index (χ1) is 13.0. The van der Waals surface area contributed by atoms with Crippen molar-refractivity contribution in [2.24, 2.45) is 0 Å². The third kappa shape index (κ3) is 3.68. The summed E-state index contributed by atoms with van der Waals surface area (Å²) >= 11 is 0. The van der Waals surface area contributed by atoms with Crippen LogP contribution in [0.4, 0.5) is 0 Å². The minimum Gasteiger partial charge on any atom is -0.457 e. The molecule has 0 unspecified atom stereocenters. The van der Waals surface area contributed by atoms with Crippen LogP contribution in [0.15, 0.2) is 95.1 Å². The van der Waals surface area contributed by atoms with E-state index in [0.29, 0.717) is 11.8 Å². The van der Waals surface area contributed by atoms with Crippen LogP contribution < -0.4 is 4.74 Å². The van der Waals surface area contributed by atoms with Gasteiger partial charge in [0.15, 0.2) is 0 Å². The van der Waals surface area contributed by atoms with E-state index >= 15 is 0 Å². The third-order valence-electron chi connectivity index (χ3n) is 5.73. The molecule has 0 saturated heterocycles. The average molecular weight is 354 g/mol. The van der Waals surface area contributed by atoms with Crippen LogP contribution in [0.5, 0.6) is 11.5 Å². The molecular weight excluding hydrogens is 328 g/mol. The fourth-order valence-corrected chi connectivity index (χ4v) is 3.74. The van der Waals surface area contributed by atoms with Gasteiger partial charge in [-0.25, -0.2) is 0 Å². The van der Waals surface area contributed by atoms with E-state index in [1.54, 1.807) is 0 Å². The van der Waals surface area contributed by atoms with Crippen molar-refractivity contribution in [1.29, 1.82) is 0 Å². The molecule has 0 bridgehead atoms. The van der Waals surface area contributed by atoms with Crippen LogP contribution in [0.1, 0.15) is 50.7 Å². The van der Waals surface area contributed by atoms with Crippen LogP contribution in [0, 0.1) is 0 Å². The summed E-state index contributed by atoms with van der Waals surface area (Å²) in [5.41, 5.74) is 8.10. The van der Waals surface area contributed by atoms with Crippen LogP contribution in [-0.4, -0.2) is 0 Å². The first-order valence-electron chi connectivity index (χ1n) is 9.62. The number of hydrogen-bond acceptors (Lipinski definition) is 1. The average Bonchev–Trinajstić information content (AvgIpc) is 3.18. The largest absolute Gasteiger partial charge is 0.457 e. The van der Waals surface area contributed by atoms with E-state index in [1.165, 1.54) is 33.4 Å². The summed E-state index contributed by atoms with van der Waals surface area (Å²) in [7, 11) is 0. The van der Waals surface area contributed by atoms with Gasteiger partial charge in [-0.15, -0.1) is 0 Å². The third-order valence-corrected chi connectivity index (χ3v) is 5.73. The highest BCUT2D eigenvalue weighted by atomic mass is 16.5. The minimum atomic E-state index is 0.387. The number of hydrogen-bond donors (Lipinski definition) is 0. The molecule has 1 heteroatoms. The second-order valence-electron chi connectivity index (χ2n) is 7.69. The van der Waals surface area contributed by atoms with E-state index in [9.17, 15) is 0 Å². The molecule has 27 heavy (non-hydrogen) atoms. The Hall–Kier alpha value is -2.80. The lowest BCUT2D eigenvalue weighted by atomic mass is 10.0. The molecule has 4 rings (SSSR count). The summed E-state index contributed by atoms with van der Waals surface area (Å²) in [6.45, 7) is 8.69. The molecule has 136 valence electrons. The quantitative estimate of drug-likeness (QED) is 0.553. The van der Waals surface area contributed by atoms with Crippen LogP contribution in [0.3, 0.4) is 0 Å².